The fraction of sp³-hybridized carbons (Fsp3) is 0.538. The van der Waals surface area contributed by atoms with E-state index in [4.69, 9.17) is 16.2 Å². The Bertz CT molecular complexity index is 550. The molecule has 0 aliphatic heterocycles. The summed E-state index contributed by atoms with van der Waals surface area (Å²) in [6.07, 6.45) is 1.25. The molecule has 19 heavy (non-hydrogen) atoms. The van der Waals surface area contributed by atoms with E-state index in [1.165, 1.54) is 6.26 Å². The maximum Gasteiger partial charge on any atom is 0.151 e. The van der Waals surface area contributed by atoms with Gasteiger partial charge in [-0.05, 0) is 17.7 Å². The van der Waals surface area contributed by atoms with E-state index in [9.17, 15) is 8.42 Å². The minimum Gasteiger partial charge on any atom is -0.497 e. The van der Waals surface area contributed by atoms with Crippen LogP contribution in [0.3, 0.4) is 0 Å². The van der Waals surface area contributed by atoms with Gasteiger partial charge < -0.3 is 16.2 Å². The summed E-state index contributed by atoms with van der Waals surface area (Å²) >= 11 is 0. The smallest absolute Gasteiger partial charge is 0.151 e. The van der Waals surface area contributed by atoms with Crippen LogP contribution in [-0.4, -0.2) is 40.1 Å². The Morgan fingerprint density at radius 2 is 1.74 bits per heavy atom. The number of hydrogen-bond donors (Lipinski definition) is 2. The molecule has 0 amide bonds. The van der Waals surface area contributed by atoms with E-state index in [0.717, 1.165) is 11.3 Å². The van der Waals surface area contributed by atoms with Crippen LogP contribution in [-0.2, 0) is 9.84 Å². The second-order valence-corrected chi connectivity index (χ2v) is 7.31. The monoisotopic (exact) mass is 284 g/mol. The lowest BCUT2D eigenvalue weighted by Crippen LogP contribution is -2.31. The van der Waals surface area contributed by atoms with Crippen LogP contribution in [0.2, 0.25) is 0 Å². The van der Waals surface area contributed by atoms with Gasteiger partial charge in [-0.2, -0.15) is 0 Å². The normalized spacial score (nSPS) is 25.1. The molecule has 0 bridgehead atoms. The van der Waals surface area contributed by atoms with E-state index in [2.05, 4.69) is 0 Å². The Hall–Kier alpha value is -1.11. The number of rotatable bonds is 5. The van der Waals surface area contributed by atoms with Crippen LogP contribution in [0.25, 0.3) is 0 Å². The summed E-state index contributed by atoms with van der Waals surface area (Å²) in [6.45, 7) is 0.551. The van der Waals surface area contributed by atoms with Crippen LogP contribution in [0.4, 0.5) is 0 Å². The zero-order valence-electron chi connectivity index (χ0n) is 11.2. The number of hydrogen-bond acceptors (Lipinski definition) is 5. The molecule has 1 aromatic carbocycles. The van der Waals surface area contributed by atoms with Crippen LogP contribution in [0.15, 0.2) is 24.3 Å². The van der Waals surface area contributed by atoms with Crippen LogP contribution < -0.4 is 16.2 Å². The lowest BCUT2D eigenvalue weighted by molar-refractivity contribution is 0.414. The third-order valence-electron chi connectivity index (χ3n) is 4.08. The molecule has 0 aromatic heterocycles. The number of sulfone groups is 1. The highest BCUT2D eigenvalue weighted by molar-refractivity contribution is 7.91. The number of ether oxygens (including phenoxy) is 1. The predicted octanol–water partition coefficient (Wildman–Crippen LogP) is 0.109. The average Bonchev–Trinajstić information content (AvgIpc) is 3.09. The molecule has 1 fully saturated rings. The quantitative estimate of drug-likeness (QED) is 0.800. The molecule has 1 saturated carbocycles. The van der Waals surface area contributed by atoms with Gasteiger partial charge in [-0.25, -0.2) is 8.42 Å². The summed E-state index contributed by atoms with van der Waals surface area (Å²) in [5.41, 5.74) is 12.0. The van der Waals surface area contributed by atoms with Crippen molar-refractivity contribution in [3.63, 3.8) is 0 Å². The fourth-order valence-electron chi connectivity index (χ4n) is 3.01. The van der Waals surface area contributed by atoms with Gasteiger partial charge in [-0.1, -0.05) is 12.1 Å². The maximum absolute atomic E-state index is 11.9. The largest absolute Gasteiger partial charge is 0.497 e. The molecule has 1 aromatic rings. The van der Waals surface area contributed by atoms with E-state index < -0.39 is 20.5 Å². The molecule has 0 radical (unpaired) electrons. The van der Waals surface area contributed by atoms with Crippen LogP contribution in [0, 0.1) is 5.41 Å². The Morgan fingerprint density at radius 1 is 1.21 bits per heavy atom. The molecule has 2 atom stereocenters. The Labute approximate surface area is 113 Å². The van der Waals surface area contributed by atoms with Crippen molar-refractivity contribution in [1.29, 1.82) is 0 Å². The summed E-state index contributed by atoms with van der Waals surface area (Å²) in [5.74, 6) is 0.620. The van der Waals surface area contributed by atoms with Crippen molar-refractivity contribution in [3.05, 3.63) is 29.8 Å². The molecule has 106 valence electrons. The van der Waals surface area contributed by atoms with Crippen molar-refractivity contribution in [3.8, 4) is 5.75 Å². The zero-order chi connectivity index (χ0) is 14.3. The molecule has 0 saturated heterocycles. The second kappa shape index (κ2) is 4.77. The van der Waals surface area contributed by atoms with Crippen LogP contribution in [0.1, 0.15) is 11.5 Å². The molecular weight excluding hydrogens is 264 g/mol. The Kier molecular flexibility index (Phi) is 3.59. The van der Waals surface area contributed by atoms with Crippen molar-refractivity contribution in [2.45, 2.75) is 11.2 Å². The lowest BCUT2D eigenvalue weighted by atomic mass is 9.99. The van der Waals surface area contributed by atoms with Crippen molar-refractivity contribution in [2.24, 2.45) is 16.9 Å². The van der Waals surface area contributed by atoms with Crippen molar-refractivity contribution in [2.75, 3.05) is 26.5 Å². The molecule has 5 nitrogen and oxygen atoms in total. The van der Waals surface area contributed by atoms with Gasteiger partial charge in [0.2, 0.25) is 0 Å². The van der Waals surface area contributed by atoms with Crippen LogP contribution >= 0.6 is 0 Å². The van der Waals surface area contributed by atoms with E-state index in [-0.39, 0.29) is 19.0 Å². The van der Waals surface area contributed by atoms with Gasteiger partial charge >= 0.3 is 0 Å². The zero-order valence-corrected chi connectivity index (χ0v) is 12.0. The lowest BCUT2D eigenvalue weighted by Gasteiger charge is -2.12. The van der Waals surface area contributed by atoms with Crippen molar-refractivity contribution >= 4 is 9.84 Å². The van der Waals surface area contributed by atoms with E-state index >= 15 is 0 Å². The van der Waals surface area contributed by atoms with Gasteiger partial charge in [0, 0.05) is 30.7 Å². The SMILES string of the molecule is COc1ccc([C@@H]2[C@H](S(C)(=O)=O)C2(CN)CN)cc1. The summed E-state index contributed by atoms with van der Waals surface area (Å²) < 4.78 is 28.9. The number of benzene rings is 1. The number of nitrogens with two attached hydrogens (primary N) is 2. The van der Waals surface area contributed by atoms with E-state index in [1.54, 1.807) is 7.11 Å². The molecule has 0 unspecified atom stereocenters. The summed E-state index contributed by atoms with van der Waals surface area (Å²) in [7, 11) is -1.57. The van der Waals surface area contributed by atoms with Gasteiger partial charge in [-0.15, -0.1) is 0 Å². The second-order valence-electron chi connectivity index (χ2n) is 5.14. The third-order valence-corrected chi connectivity index (χ3v) is 5.74. The molecule has 1 aliphatic rings. The highest BCUT2D eigenvalue weighted by atomic mass is 32.2. The first-order valence-corrected chi connectivity index (χ1v) is 8.09. The van der Waals surface area contributed by atoms with Gasteiger partial charge in [0.25, 0.3) is 0 Å². The first-order valence-electron chi connectivity index (χ1n) is 6.13. The molecule has 4 N–H and O–H groups in total. The Morgan fingerprint density at radius 3 is 2.05 bits per heavy atom. The van der Waals surface area contributed by atoms with E-state index in [1.807, 2.05) is 24.3 Å². The highest BCUT2D eigenvalue weighted by Crippen LogP contribution is 2.61. The first-order chi connectivity index (χ1) is 8.90. The average molecular weight is 284 g/mol. The van der Waals surface area contributed by atoms with Gasteiger partial charge in [-0.3, -0.25) is 0 Å². The highest BCUT2D eigenvalue weighted by Gasteiger charge is 2.68. The predicted molar refractivity (Wildman–Crippen MR) is 74.9 cm³/mol. The third kappa shape index (κ3) is 2.24. The fourth-order valence-corrected chi connectivity index (χ4v) is 5.05. The van der Waals surface area contributed by atoms with Gasteiger partial charge in [0.15, 0.2) is 9.84 Å². The summed E-state index contributed by atoms with van der Waals surface area (Å²) in [5, 5.41) is -0.483. The first kappa shape index (κ1) is 14.3. The molecule has 1 aliphatic carbocycles. The van der Waals surface area contributed by atoms with Gasteiger partial charge in [0.1, 0.15) is 5.75 Å². The molecular formula is C13H20N2O3S. The summed E-state index contributed by atoms with van der Waals surface area (Å²) in [6, 6.07) is 7.42. The molecule has 2 rings (SSSR count). The minimum absolute atomic E-state index is 0.122. The standard InChI is InChI=1S/C13H20N2O3S/c1-18-10-5-3-9(4-6-10)11-12(19(2,16)17)13(11,7-14)8-15/h3-6,11-12H,7-8,14-15H2,1-2H3/t11-,12+/m1/s1. The van der Waals surface area contributed by atoms with Crippen LogP contribution in [0.5, 0.6) is 5.75 Å². The maximum atomic E-state index is 11.9. The Balaban J connectivity index is 2.37. The number of methoxy groups -OCH3 is 1. The van der Waals surface area contributed by atoms with Crippen molar-refractivity contribution in [1.82, 2.24) is 0 Å². The van der Waals surface area contributed by atoms with E-state index in [0.29, 0.717) is 0 Å². The molecule has 6 heteroatoms. The minimum atomic E-state index is -3.17. The summed E-state index contributed by atoms with van der Waals surface area (Å²) in [4.78, 5) is 0. The van der Waals surface area contributed by atoms with Gasteiger partial charge in [0.05, 0.1) is 12.4 Å². The molecule has 0 heterocycles. The van der Waals surface area contributed by atoms with Crippen molar-refractivity contribution < 1.29 is 13.2 Å². The molecule has 0 spiro atoms. The topological polar surface area (TPSA) is 95.4 Å².